The molecule has 5 aromatic carbocycles. The van der Waals surface area contributed by atoms with Crippen LogP contribution in [0.25, 0.3) is 72.9 Å². The van der Waals surface area contributed by atoms with E-state index in [1.54, 1.807) is 0 Å². The Hall–Kier alpha value is -6.33. The molecule has 0 aliphatic rings. The smallest absolute Gasteiger partial charge is 0.165 e. The first-order valence-corrected chi connectivity index (χ1v) is 21.8. The summed E-state index contributed by atoms with van der Waals surface area (Å²) in [5, 5.41) is 12.4. The highest BCUT2D eigenvalue weighted by Crippen LogP contribution is 2.46. The molecular formula is C57H60N4O. The van der Waals surface area contributed by atoms with Crippen molar-refractivity contribution in [2.75, 3.05) is 0 Å². The van der Waals surface area contributed by atoms with Gasteiger partial charge in [0.05, 0.1) is 16.9 Å². The Morgan fingerprint density at radius 1 is 0.435 bits per heavy atom. The Balaban J connectivity index is 1.48. The fourth-order valence-corrected chi connectivity index (χ4v) is 8.25. The Kier molecular flexibility index (Phi) is 10.6. The van der Waals surface area contributed by atoms with E-state index in [0.717, 1.165) is 67.0 Å². The van der Waals surface area contributed by atoms with Crippen LogP contribution in [0.3, 0.4) is 0 Å². The van der Waals surface area contributed by atoms with Gasteiger partial charge < -0.3 is 5.11 Å². The molecule has 0 fully saturated rings. The Morgan fingerprint density at radius 3 is 1.65 bits per heavy atom. The first kappa shape index (κ1) is 42.4. The maximum absolute atomic E-state index is 12.4. The quantitative estimate of drug-likeness (QED) is 0.182. The minimum Gasteiger partial charge on any atom is -0.507 e. The summed E-state index contributed by atoms with van der Waals surface area (Å²) in [5.41, 5.74) is 15.3. The van der Waals surface area contributed by atoms with E-state index in [0.29, 0.717) is 17.0 Å². The van der Waals surface area contributed by atoms with Crippen LogP contribution in [0.4, 0.5) is 0 Å². The van der Waals surface area contributed by atoms with Crippen LogP contribution in [0.15, 0.2) is 140 Å². The standard InChI is InChI=1S/C57H60N4O/c1-54(2,3)41-31-38(32-42(33-41)55(4,5)6)37-28-39(30-40(29-37)48-23-18-19-26-58-48)45-25-27-59-53-50(45)60-52(46-34-43(56(7,8)9)35-47(51(46)62)57(10,11)12)61(53)49-24-17-16-22-44(49)36-20-14-13-15-21-36/h13-35,62H,1-12H3. The van der Waals surface area contributed by atoms with Gasteiger partial charge >= 0.3 is 0 Å². The second-order valence-electron chi connectivity index (χ2n) is 20.9. The lowest BCUT2D eigenvalue weighted by Gasteiger charge is -2.27. The number of benzene rings is 5. The van der Waals surface area contributed by atoms with Gasteiger partial charge in [0.2, 0.25) is 0 Å². The normalized spacial score (nSPS) is 12.6. The van der Waals surface area contributed by atoms with Crippen molar-refractivity contribution in [1.82, 2.24) is 19.5 Å². The number of imidazole rings is 1. The third-order valence-electron chi connectivity index (χ3n) is 12.0. The van der Waals surface area contributed by atoms with Crippen LogP contribution in [0.2, 0.25) is 0 Å². The van der Waals surface area contributed by atoms with Gasteiger partial charge in [0, 0.05) is 34.6 Å². The minimum atomic E-state index is -0.332. The molecule has 0 radical (unpaired) electrons. The highest BCUT2D eigenvalue weighted by atomic mass is 16.3. The molecule has 62 heavy (non-hydrogen) atoms. The van der Waals surface area contributed by atoms with Gasteiger partial charge in [-0.15, -0.1) is 0 Å². The molecule has 0 bridgehead atoms. The van der Waals surface area contributed by atoms with E-state index in [9.17, 15) is 5.11 Å². The summed E-state index contributed by atoms with van der Waals surface area (Å²) in [7, 11) is 0. The molecular weight excluding hydrogens is 757 g/mol. The number of para-hydroxylation sites is 1. The number of aromatic hydroxyl groups is 1. The van der Waals surface area contributed by atoms with Crippen molar-refractivity contribution in [3.8, 4) is 67.5 Å². The predicted octanol–water partition coefficient (Wildman–Crippen LogP) is 15.0. The number of phenolic OH excluding ortho intramolecular Hbond substituents is 1. The van der Waals surface area contributed by atoms with Gasteiger partial charge in [-0.2, -0.15) is 0 Å². The lowest BCUT2D eigenvalue weighted by atomic mass is 9.78. The monoisotopic (exact) mass is 816 g/mol. The first-order chi connectivity index (χ1) is 29.2. The third-order valence-corrected chi connectivity index (χ3v) is 12.0. The zero-order chi connectivity index (χ0) is 44.4. The summed E-state index contributed by atoms with van der Waals surface area (Å²) in [4.78, 5) is 15.6. The number of fused-ring (bicyclic) bond motifs is 1. The Morgan fingerprint density at radius 2 is 1.02 bits per heavy atom. The topological polar surface area (TPSA) is 63.8 Å². The molecule has 3 heterocycles. The maximum atomic E-state index is 12.4. The number of aromatic nitrogens is 4. The molecule has 1 N–H and O–H groups in total. The molecule has 0 aliphatic carbocycles. The number of pyridine rings is 2. The first-order valence-electron chi connectivity index (χ1n) is 21.8. The van der Waals surface area contributed by atoms with Crippen LogP contribution in [-0.2, 0) is 21.7 Å². The summed E-state index contributed by atoms with van der Waals surface area (Å²) in [6.45, 7) is 26.8. The SMILES string of the molecule is CC(C)(C)c1cc(-c2cc(-c3ccccn3)cc(-c3ccnc4c3nc(-c3cc(C(C)(C)C)cc(C(C)(C)C)c3O)n4-c3ccccc3-c3ccccc3)c2)cc(C(C)(C)C)c1. The molecule has 0 aliphatic heterocycles. The van der Waals surface area contributed by atoms with Crippen molar-refractivity contribution in [1.29, 1.82) is 0 Å². The lowest BCUT2D eigenvalue weighted by molar-refractivity contribution is 0.446. The van der Waals surface area contributed by atoms with Crippen LogP contribution in [-0.4, -0.2) is 24.6 Å². The average molecular weight is 817 g/mol. The summed E-state index contributed by atoms with van der Waals surface area (Å²) in [5.74, 6) is 0.861. The van der Waals surface area contributed by atoms with Crippen LogP contribution in [0.1, 0.15) is 105 Å². The fraction of sp³-hybridized carbons (Fsp3) is 0.281. The fourth-order valence-electron chi connectivity index (χ4n) is 8.25. The van der Waals surface area contributed by atoms with Gasteiger partial charge in [0.25, 0.3) is 0 Å². The van der Waals surface area contributed by atoms with Gasteiger partial charge in [0.15, 0.2) is 11.5 Å². The molecule has 8 aromatic rings. The number of hydrogen-bond donors (Lipinski definition) is 1. The second kappa shape index (κ2) is 15.5. The van der Waals surface area contributed by atoms with Gasteiger partial charge in [-0.3, -0.25) is 9.55 Å². The zero-order valence-corrected chi connectivity index (χ0v) is 38.5. The van der Waals surface area contributed by atoms with E-state index in [4.69, 9.17) is 15.0 Å². The molecule has 8 rings (SSSR count). The van der Waals surface area contributed by atoms with Crippen molar-refractivity contribution in [3.05, 3.63) is 162 Å². The molecule has 5 nitrogen and oxygen atoms in total. The highest BCUT2D eigenvalue weighted by molar-refractivity contribution is 5.96. The molecule has 0 saturated carbocycles. The van der Waals surface area contributed by atoms with E-state index in [-0.39, 0.29) is 27.4 Å². The van der Waals surface area contributed by atoms with Crippen LogP contribution in [0, 0.1) is 0 Å². The molecule has 5 heteroatoms. The Bertz CT molecular complexity index is 2900. The van der Waals surface area contributed by atoms with Gasteiger partial charge in [0.1, 0.15) is 11.3 Å². The van der Waals surface area contributed by atoms with E-state index in [1.807, 2.05) is 30.6 Å². The van der Waals surface area contributed by atoms with Crippen LogP contribution in [0.5, 0.6) is 5.75 Å². The summed E-state index contributed by atoms with van der Waals surface area (Å²) in [6, 6.07) is 45.2. The molecule has 3 aromatic heterocycles. The van der Waals surface area contributed by atoms with Gasteiger partial charge in [-0.05, 0) is 109 Å². The van der Waals surface area contributed by atoms with Crippen LogP contribution < -0.4 is 0 Å². The second-order valence-corrected chi connectivity index (χ2v) is 20.9. The Labute approximate surface area is 368 Å². The van der Waals surface area contributed by atoms with Gasteiger partial charge in [-0.1, -0.05) is 162 Å². The lowest BCUT2D eigenvalue weighted by Crippen LogP contribution is -2.17. The zero-order valence-electron chi connectivity index (χ0n) is 38.5. The molecule has 0 unspecified atom stereocenters. The molecule has 314 valence electrons. The van der Waals surface area contributed by atoms with Crippen molar-refractivity contribution in [2.45, 2.75) is 105 Å². The number of rotatable bonds is 6. The van der Waals surface area contributed by atoms with E-state index >= 15 is 0 Å². The van der Waals surface area contributed by atoms with E-state index in [2.05, 4.69) is 197 Å². The maximum Gasteiger partial charge on any atom is 0.165 e. The highest BCUT2D eigenvalue weighted by Gasteiger charge is 2.30. The van der Waals surface area contributed by atoms with Gasteiger partial charge in [-0.25, -0.2) is 9.97 Å². The molecule has 0 amide bonds. The number of phenols is 1. The molecule has 0 atom stereocenters. The van der Waals surface area contributed by atoms with Crippen molar-refractivity contribution >= 4 is 11.2 Å². The predicted molar refractivity (Wildman–Crippen MR) is 260 cm³/mol. The summed E-state index contributed by atoms with van der Waals surface area (Å²) >= 11 is 0. The summed E-state index contributed by atoms with van der Waals surface area (Å²) < 4.78 is 2.15. The molecule has 0 saturated heterocycles. The third kappa shape index (κ3) is 8.21. The van der Waals surface area contributed by atoms with Crippen LogP contribution >= 0.6 is 0 Å². The van der Waals surface area contributed by atoms with Crippen molar-refractivity contribution < 1.29 is 5.11 Å². The average Bonchev–Trinajstić information content (AvgIpc) is 3.62. The van der Waals surface area contributed by atoms with Crippen molar-refractivity contribution in [3.63, 3.8) is 0 Å². The largest absolute Gasteiger partial charge is 0.507 e. The minimum absolute atomic E-state index is 0.0450. The number of hydrogen-bond acceptors (Lipinski definition) is 4. The summed E-state index contributed by atoms with van der Waals surface area (Å²) in [6.07, 6.45) is 3.74. The van der Waals surface area contributed by atoms with Crippen molar-refractivity contribution in [2.24, 2.45) is 0 Å². The van der Waals surface area contributed by atoms with E-state index < -0.39 is 0 Å². The number of nitrogens with zero attached hydrogens (tertiary/aromatic N) is 4. The molecule has 0 spiro atoms. The van der Waals surface area contributed by atoms with E-state index in [1.165, 1.54) is 11.1 Å².